The number of aryl methyl sites for hydroxylation is 1. The van der Waals surface area contributed by atoms with Gasteiger partial charge in [0.25, 0.3) is 0 Å². The van der Waals surface area contributed by atoms with Crippen LogP contribution in [0.1, 0.15) is 56.2 Å². The number of aliphatic hydroxyl groups is 1. The van der Waals surface area contributed by atoms with Gasteiger partial charge in [-0.2, -0.15) is 0 Å². The molecule has 0 saturated heterocycles. The molecule has 0 amide bonds. The van der Waals surface area contributed by atoms with E-state index in [0.717, 1.165) is 30.4 Å². The zero-order valence-electron chi connectivity index (χ0n) is 11.9. The van der Waals surface area contributed by atoms with Crippen LogP contribution in [0, 0.1) is 6.92 Å². The summed E-state index contributed by atoms with van der Waals surface area (Å²) in [5, 5.41) is 23.6. The van der Waals surface area contributed by atoms with Gasteiger partial charge in [0.1, 0.15) is 5.75 Å². The van der Waals surface area contributed by atoms with Crippen molar-refractivity contribution in [2.24, 2.45) is 0 Å². The molecule has 1 aromatic rings. The van der Waals surface area contributed by atoms with Crippen molar-refractivity contribution in [2.45, 2.75) is 64.1 Å². The van der Waals surface area contributed by atoms with Gasteiger partial charge >= 0.3 is 0 Å². The second-order valence-corrected chi connectivity index (χ2v) is 5.76. The number of aromatic hydroxyl groups is 1. The number of phenolic OH excluding ortho intramolecular Hbond substituents is 1. The molecule has 3 heteroatoms. The van der Waals surface area contributed by atoms with Gasteiger partial charge in [0.15, 0.2) is 0 Å². The Bertz CT molecular complexity index is 419. The van der Waals surface area contributed by atoms with Crippen molar-refractivity contribution in [3.8, 4) is 5.75 Å². The maximum atomic E-state index is 10.1. The van der Waals surface area contributed by atoms with E-state index in [-0.39, 0.29) is 18.2 Å². The van der Waals surface area contributed by atoms with Gasteiger partial charge in [0.05, 0.1) is 6.10 Å². The standard InChI is InChI=1S/C16H25NO2/c1-11-8-9-15(18)13(10-11)12(2)17-14-6-4-3-5-7-16(14)19/h8-10,12,14,16-19H,3-7H2,1-2H3. The minimum absolute atomic E-state index is 0.0534. The number of aliphatic hydroxyl groups excluding tert-OH is 1. The number of nitrogens with one attached hydrogen (secondary N) is 1. The van der Waals surface area contributed by atoms with E-state index in [9.17, 15) is 10.2 Å². The summed E-state index contributed by atoms with van der Waals surface area (Å²) in [6, 6.07) is 5.85. The fourth-order valence-electron chi connectivity index (χ4n) is 2.91. The van der Waals surface area contributed by atoms with E-state index in [1.807, 2.05) is 26.0 Å². The molecule has 0 bridgehead atoms. The Morgan fingerprint density at radius 1 is 1.21 bits per heavy atom. The Labute approximate surface area is 115 Å². The highest BCUT2D eigenvalue weighted by atomic mass is 16.3. The van der Waals surface area contributed by atoms with Crippen molar-refractivity contribution in [2.75, 3.05) is 0 Å². The van der Waals surface area contributed by atoms with Crippen LogP contribution in [0.2, 0.25) is 0 Å². The molecule has 0 aromatic heterocycles. The summed E-state index contributed by atoms with van der Waals surface area (Å²) in [4.78, 5) is 0. The highest BCUT2D eigenvalue weighted by Crippen LogP contribution is 2.27. The molecule has 1 aliphatic rings. The highest BCUT2D eigenvalue weighted by Gasteiger charge is 2.24. The van der Waals surface area contributed by atoms with Gasteiger partial charge in [-0.15, -0.1) is 0 Å². The molecule has 2 rings (SSSR count). The summed E-state index contributed by atoms with van der Waals surface area (Å²) in [6.45, 7) is 4.07. The smallest absolute Gasteiger partial charge is 0.120 e. The van der Waals surface area contributed by atoms with Crippen LogP contribution in [-0.2, 0) is 0 Å². The molecule has 0 radical (unpaired) electrons. The lowest BCUT2D eigenvalue weighted by molar-refractivity contribution is 0.114. The molecule has 1 saturated carbocycles. The maximum absolute atomic E-state index is 10.1. The lowest BCUT2D eigenvalue weighted by atomic mass is 10.0. The molecule has 3 N–H and O–H groups in total. The van der Waals surface area contributed by atoms with Crippen molar-refractivity contribution in [1.29, 1.82) is 0 Å². The Morgan fingerprint density at radius 3 is 2.74 bits per heavy atom. The van der Waals surface area contributed by atoms with Crippen molar-refractivity contribution in [3.05, 3.63) is 29.3 Å². The first kappa shape index (κ1) is 14.4. The van der Waals surface area contributed by atoms with Gasteiger partial charge in [-0.25, -0.2) is 0 Å². The van der Waals surface area contributed by atoms with Crippen molar-refractivity contribution in [3.63, 3.8) is 0 Å². The third-order valence-corrected chi connectivity index (χ3v) is 4.09. The molecular weight excluding hydrogens is 238 g/mol. The minimum Gasteiger partial charge on any atom is -0.508 e. The van der Waals surface area contributed by atoms with E-state index in [0.29, 0.717) is 5.75 Å². The van der Waals surface area contributed by atoms with Gasteiger partial charge < -0.3 is 15.5 Å². The molecule has 3 atom stereocenters. The first-order valence-electron chi connectivity index (χ1n) is 7.31. The summed E-state index contributed by atoms with van der Waals surface area (Å²) in [7, 11) is 0. The average Bonchev–Trinajstić information content (AvgIpc) is 2.58. The molecule has 0 aliphatic heterocycles. The Kier molecular flexibility index (Phi) is 4.83. The molecule has 0 spiro atoms. The Balaban J connectivity index is 2.06. The van der Waals surface area contributed by atoms with Gasteiger partial charge in [0.2, 0.25) is 0 Å². The summed E-state index contributed by atoms with van der Waals surface area (Å²) >= 11 is 0. The summed E-state index contributed by atoms with van der Waals surface area (Å²) in [5.41, 5.74) is 2.05. The molecule has 19 heavy (non-hydrogen) atoms. The summed E-state index contributed by atoms with van der Waals surface area (Å²) in [5.74, 6) is 0.328. The normalized spacial score (nSPS) is 25.8. The lowest BCUT2D eigenvalue weighted by Gasteiger charge is -2.26. The molecule has 1 aliphatic carbocycles. The van der Waals surface area contributed by atoms with Gasteiger partial charge in [-0.1, -0.05) is 37.0 Å². The first-order valence-corrected chi connectivity index (χ1v) is 7.31. The van der Waals surface area contributed by atoms with Crippen molar-refractivity contribution < 1.29 is 10.2 Å². The van der Waals surface area contributed by atoms with Crippen LogP contribution in [0.25, 0.3) is 0 Å². The fourth-order valence-corrected chi connectivity index (χ4v) is 2.91. The number of rotatable bonds is 3. The Morgan fingerprint density at radius 2 is 1.95 bits per heavy atom. The SMILES string of the molecule is Cc1ccc(O)c(C(C)NC2CCCCCC2O)c1. The summed E-state index contributed by atoms with van der Waals surface area (Å²) in [6.07, 6.45) is 5.11. The van der Waals surface area contributed by atoms with E-state index < -0.39 is 0 Å². The van der Waals surface area contributed by atoms with Crippen LogP contribution >= 0.6 is 0 Å². The average molecular weight is 263 g/mol. The van der Waals surface area contributed by atoms with Crippen molar-refractivity contribution in [1.82, 2.24) is 5.32 Å². The monoisotopic (exact) mass is 263 g/mol. The van der Waals surface area contributed by atoms with E-state index in [1.165, 1.54) is 12.8 Å². The second kappa shape index (κ2) is 6.40. The third kappa shape index (κ3) is 3.71. The number of hydrogen-bond acceptors (Lipinski definition) is 3. The predicted octanol–water partition coefficient (Wildman–Crippen LogP) is 3.04. The van der Waals surface area contributed by atoms with Crippen LogP contribution in [0.15, 0.2) is 18.2 Å². The molecule has 3 nitrogen and oxygen atoms in total. The van der Waals surface area contributed by atoms with Gasteiger partial charge in [0, 0.05) is 17.6 Å². The van der Waals surface area contributed by atoms with Crippen LogP contribution in [0.4, 0.5) is 0 Å². The number of benzene rings is 1. The van der Waals surface area contributed by atoms with E-state index in [4.69, 9.17) is 0 Å². The Hall–Kier alpha value is -1.06. The van der Waals surface area contributed by atoms with E-state index in [1.54, 1.807) is 6.07 Å². The number of phenols is 1. The minimum atomic E-state index is -0.267. The van der Waals surface area contributed by atoms with Crippen molar-refractivity contribution >= 4 is 0 Å². The molecule has 0 heterocycles. The molecule has 106 valence electrons. The zero-order valence-corrected chi connectivity index (χ0v) is 11.9. The molecule has 3 unspecified atom stereocenters. The van der Waals surface area contributed by atoms with Crippen LogP contribution in [0.5, 0.6) is 5.75 Å². The number of hydrogen-bond donors (Lipinski definition) is 3. The third-order valence-electron chi connectivity index (χ3n) is 4.09. The lowest BCUT2D eigenvalue weighted by Crippen LogP contribution is -2.40. The first-order chi connectivity index (χ1) is 9.08. The van der Waals surface area contributed by atoms with Gasteiger partial charge in [-0.05, 0) is 32.8 Å². The molecule has 1 aromatic carbocycles. The zero-order chi connectivity index (χ0) is 13.8. The van der Waals surface area contributed by atoms with Gasteiger partial charge in [-0.3, -0.25) is 0 Å². The van der Waals surface area contributed by atoms with Crippen LogP contribution in [0.3, 0.4) is 0 Å². The topological polar surface area (TPSA) is 52.5 Å². The maximum Gasteiger partial charge on any atom is 0.120 e. The quantitative estimate of drug-likeness (QED) is 0.735. The summed E-state index contributed by atoms with van der Waals surface area (Å²) < 4.78 is 0. The molecule has 1 fully saturated rings. The highest BCUT2D eigenvalue weighted by molar-refractivity contribution is 5.37. The molecular formula is C16H25NO2. The van der Waals surface area contributed by atoms with E-state index >= 15 is 0 Å². The fraction of sp³-hybridized carbons (Fsp3) is 0.625. The van der Waals surface area contributed by atoms with Crippen LogP contribution < -0.4 is 5.32 Å². The predicted molar refractivity (Wildman–Crippen MR) is 77.3 cm³/mol. The van der Waals surface area contributed by atoms with Crippen LogP contribution in [-0.4, -0.2) is 22.4 Å². The largest absolute Gasteiger partial charge is 0.508 e. The second-order valence-electron chi connectivity index (χ2n) is 5.76. The van der Waals surface area contributed by atoms with E-state index in [2.05, 4.69) is 5.32 Å².